The molecule has 1 heterocycles. The van der Waals surface area contributed by atoms with Crippen LogP contribution >= 0.6 is 0 Å². The van der Waals surface area contributed by atoms with Crippen LogP contribution in [0.4, 0.5) is 0 Å². The number of rotatable bonds is 6. The Morgan fingerprint density at radius 3 is 2.64 bits per heavy atom. The van der Waals surface area contributed by atoms with Crippen molar-refractivity contribution in [3.8, 4) is 0 Å². The fourth-order valence-electron chi connectivity index (χ4n) is 2.03. The Bertz CT molecular complexity index is 130. The van der Waals surface area contributed by atoms with Crippen LogP contribution < -0.4 is 11.1 Å². The van der Waals surface area contributed by atoms with E-state index in [-0.39, 0.29) is 0 Å². The van der Waals surface area contributed by atoms with Crippen LogP contribution in [0.15, 0.2) is 0 Å². The van der Waals surface area contributed by atoms with Crippen LogP contribution in [-0.2, 0) is 0 Å². The highest BCUT2D eigenvalue weighted by atomic mass is 15.1. The molecule has 0 unspecified atom stereocenters. The maximum atomic E-state index is 5.53. The first kappa shape index (κ1) is 12.0. The van der Waals surface area contributed by atoms with E-state index in [1.165, 1.54) is 45.3 Å². The van der Waals surface area contributed by atoms with Gasteiger partial charge in [0.2, 0.25) is 0 Å². The maximum Gasteiger partial charge on any atom is 0.0105 e. The summed E-state index contributed by atoms with van der Waals surface area (Å²) in [7, 11) is 0. The third kappa shape index (κ3) is 4.40. The number of hydrogen-bond donors (Lipinski definition) is 2. The van der Waals surface area contributed by atoms with Crippen LogP contribution in [0.1, 0.15) is 32.6 Å². The van der Waals surface area contributed by atoms with Crippen molar-refractivity contribution in [3.63, 3.8) is 0 Å². The molecular formula is C11H25N3. The molecule has 0 radical (unpaired) electrons. The molecule has 1 saturated heterocycles. The topological polar surface area (TPSA) is 41.3 Å². The molecule has 3 nitrogen and oxygen atoms in total. The van der Waals surface area contributed by atoms with Gasteiger partial charge in [0.15, 0.2) is 0 Å². The second-order valence-electron chi connectivity index (χ2n) is 4.21. The Morgan fingerprint density at radius 1 is 1.36 bits per heavy atom. The normalized spacial score (nSPS) is 20.1. The number of hydrogen-bond acceptors (Lipinski definition) is 3. The first-order valence-electron chi connectivity index (χ1n) is 6.02. The van der Waals surface area contributed by atoms with Crippen molar-refractivity contribution >= 4 is 0 Å². The minimum atomic E-state index is 0.760. The number of unbranched alkanes of at least 4 members (excludes halogenated alkanes) is 1. The number of nitrogens with one attached hydrogen (secondary N) is 1. The highest BCUT2D eigenvalue weighted by Gasteiger charge is 2.17. The van der Waals surface area contributed by atoms with Gasteiger partial charge in [-0.15, -0.1) is 0 Å². The molecule has 0 bridgehead atoms. The molecule has 0 saturated carbocycles. The van der Waals surface area contributed by atoms with Crippen LogP contribution in [-0.4, -0.2) is 43.7 Å². The van der Waals surface area contributed by atoms with Gasteiger partial charge in [0.25, 0.3) is 0 Å². The molecular weight excluding hydrogens is 174 g/mol. The van der Waals surface area contributed by atoms with Gasteiger partial charge in [0, 0.05) is 19.1 Å². The molecule has 14 heavy (non-hydrogen) atoms. The van der Waals surface area contributed by atoms with E-state index in [2.05, 4.69) is 17.1 Å². The molecule has 0 aliphatic carbocycles. The van der Waals surface area contributed by atoms with Crippen molar-refractivity contribution in [2.75, 3.05) is 32.7 Å². The van der Waals surface area contributed by atoms with Crippen molar-refractivity contribution in [2.45, 2.75) is 38.6 Å². The minimum Gasteiger partial charge on any atom is -0.329 e. The molecule has 1 rings (SSSR count). The van der Waals surface area contributed by atoms with Gasteiger partial charge >= 0.3 is 0 Å². The molecule has 0 amide bonds. The largest absolute Gasteiger partial charge is 0.329 e. The van der Waals surface area contributed by atoms with Gasteiger partial charge in [-0.05, 0) is 38.9 Å². The summed E-state index contributed by atoms with van der Waals surface area (Å²) in [6.07, 6.45) is 5.19. The standard InChI is InChI=1S/C11H25N3/c1-2-3-7-13-11-4-8-14(9-5-11)10-6-12/h11,13H,2-10,12H2,1H3. The third-order valence-electron chi connectivity index (χ3n) is 3.00. The molecule has 84 valence electrons. The quantitative estimate of drug-likeness (QED) is 0.622. The lowest BCUT2D eigenvalue weighted by Gasteiger charge is -2.32. The highest BCUT2D eigenvalue weighted by molar-refractivity contribution is 4.76. The lowest BCUT2D eigenvalue weighted by molar-refractivity contribution is 0.202. The van der Waals surface area contributed by atoms with Gasteiger partial charge in [-0.2, -0.15) is 0 Å². The molecule has 0 aromatic rings. The Hall–Kier alpha value is -0.120. The predicted octanol–water partition coefficient (Wildman–Crippen LogP) is 0.799. The van der Waals surface area contributed by atoms with Crippen LogP contribution in [0.3, 0.4) is 0 Å². The summed E-state index contributed by atoms with van der Waals surface area (Å²) < 4.78 is 0. The molecule has 0 aromatic carbocycles. The lowest BCUT2D eigenvalue weighted by Crippen LogP contribution is -2.44. The molecule has 1 aliphatic rings. The average Bonchev–Trinajstić information content (AvgIpc) is 2.21. The van der Waals surface area contributed by atoms with E-state index in [1.807, 2.05) is 0 Å². The number of likely N-dealkylation sites (tertiary alicyclic amines) is 1. The molecule has 3 N–H and O–H groups in total. The van der Waals surface area contributed by atoms with E-state index in [4.69, 9.17) is 5.73 Å². The first-order valence-corrected chi connectivity index (χ1v) is 6.02. The molecule has 0 atom stereocenters. The summed E-state index contributed by atoms with van der Waals surface area (Å²) >= 11 is 0. The summed E-state index contributed by atoms with van der Waals surface area (Å²) in [6.45, 7) is 7.75. The van der Waals surface area contributed by atoms with Crippen LogP contribution in [0, 0.1) is 0 Å². The molecule has 1 fully saturated rings. The van der Waals surface area contributed by atoms with Gasteiger partial charge in [0.05, 0.1) is 0 Å². The van der Waals surface area contributed by atoms with Gasteiger partial charge in [-0.3, -0.25) is 0 Å². The minimum absolute atomic E-state index is 0.760. The van der Waals surface area contributed by atoms with E-state index in [0.717, 1.165) is 19.1 Å². The van der Waals surface area contributed by atoms with E-state index >= 15 is 0 Å². The average molecular weight is 199 g/mol. The highest BCUT2D eigenvalue weighted by Crippen LogP contribution is 2.09. The molecule has 0 spiro atoms. The second kappa shape index (κ2) is 7.21. The zero-order valence-corrected chi connectivity index (χ0v) is 9.47. The maximum absolute atomic E-state index is 5.53. The van der Waals surface area contributed by atoms with E-state index < -0.39 is 0 Å². The number of nitrogens with two attached hydrogens (primary N) is 1. The van der Waals surface area contributed by atoms with E-state index in [9.17, 15) is 0 Å². The Kier molecular flexibility index (Phi) is 6.15. The number of nitrogens with zero attached hydrogens (tertiary/aromatic N) is 1. The lowest BCUT2D eigenvalue weighted by atomic mass is 10.0. The fourth-order valence-corrected chi connectivity index (χ4v) is 2.03. The van der Waals surface area contributed by atoms with Crippen LogP contribution in [0.25, 0.3) is 0 Å². The third-order valence-corrected chi connectivity index (χ3v) is 3.00. The zero-order valence-electron chi connectivity index (χ0n) is 9.47. The SMILES string of the molecule is CCCCNC1CCN(CCN)CC1. The van der Waals surface area contributed by atoms with Crippen molar-refractivity contribution in [3.05, 3.63) is 0 Å². The Morgan fingerprint density at radius 2 is 2.07 bits per heavy atom. The number of piperidine rings is 1. The monoisotopic (exact) mass is 199 g/mol. The summed E-state index contributed by atoms with van der Waals surface area (Å²) in [5, 5.41) is 3.63. The van der Waals surface area contributed by atoms with Crippen molar-refractivity contribution in [1.29, 1.82) is 0 Å². The van der Waals surface area contributed by atoms with Crippen molar-refractivity contribution < 1.29 is 0 Å². The van der Waals surface area contributed by atoms with Gasteiger partial charge < -0.3 is 16.0 Å². The predicted molar refractivity (Wildman–Crippen MR) is 61.4 cm³/mol. The fraction of sp³-hybridized carbons (Fsp3) is 1.00. The molecule has 3 heteroatoms. The van der Waals surface area contributed by atoms with Crippen LogP contribution in [0.5, 0.6) is 0 Å². The summed E-state index contributed by atoms with van der Waals surface area (Å²) in [6, 6.07) is 0.760. The molecule has 0 aromatic heterocycles. The van der Waals surface area contributed by atoms with E-state index in [1.54, 1.807) is 0 Å². The Labute approximate surface area is 88.0 Å². The summed E-state index contributed by atoms with van der Waals surface area (Å²) in [5.74, 6) is 0. The Balaban J connectivity index is 2.03. The summed E-state index contributed by atoms with van der Waals surface area (Å²) in [4.78, 5) is 2.47. The van der Waals surface area contributed by atoms with Crippen molar-refractivity contribution in [2.24, 2.45) is 5.73 Å². The molecule has 1 aliphatic heterocycles. The zero-order chi connectivity index (χ0) is 10.2. The summed E-state index contributed by atoms with van der Waals surface area (Å²) in [5.41, 5.74) is 5.53. The van der Waals surface area contributed by atoms with Gasteiger partial charge in [0.1, 0.15) is 0 Å². The second-order valence-corrected chi connectivity index (χ2v) is 4.21. The van der Waals surface area contributed by atoms with Gasteiger partial charge in [-0.25, -0.2) is 0 Å². The van der Waals surface area contributed by atoms with Crippen molar-refractivity contribution in [1.82, 2.24) is 10.2 Å². The van der Waals surface area contributed by atoms with E-state index in [0.29, 0.717) is 0 Å². The van der Waals surface area contributed by atoms with Gasteiger partial charge in [-0.1, -0.05) is 13.3 Å². The van der Waals surface area contributed by atoms with Crippen LogP contribution in [0.2, 0.25) is 0 Å². The first-order chi connectivity index (χ1) is 6.86. The smallest absolute Gasteiger partial charge is 0.0105 e.